The molecular weight excluding hydrogens is 404 g/mol. The lowest BCUT2D eigenvalue weighted by Crippen LogP contribution is -2.26. The maximum Gasteiger partial charge on any atom is 0.188 e. The molecule has 1 aliphatic carbocycles. The van der Waals surface area contributed by atoms with Crippen LogP contribution in [0.4, 0.5) is 0 Å². The molecule has 168 valence electrons. The van der Waals surface area contributed by atoms with Gasteiger partial charge in [0.25, 0.3) is 0 Å². The number of ketones is 2. The van der Waals surface area contributed by atoms with Gasteiger partial charge in [-0.05, 0) is 59.4 Å². The summed E-state index contributed by atoms with van der Waals surface area (Å²) in [4.78, 5) is 25.9. The number of allylic oxidation sites excluding steroid dienone is 2. The van der Waals surface area contributed by atoms with Crippen LogP contribution in [0.25, 0.3) is 12.2 Å². The summed E-state index contributed by atoms with van der Waals surface area (Å²) >= 11 is 0. The molecule has 0 amide bonds. The average Bonchev–Trinajstić information content (AvgIpc) is 2.79. The van der Waals surface area contributed by atoms with Crippen LogP contribution in [0, 0.1) is 11.8 Å². The van der Waals surface area contributed by atoms with Gasteiger partial charge < -0.3 is 14.6 Å². The van der Waals surface area contributed by atoms with E-state index in [1.54, 1.807) is 19.3 Å². The molecule has 0 bridgehead atoms. The number of methoxy groups -OCH3 is 1. The quantitative estimate of drug-likeness (QED) is 0.294. The molecule has 3 rings (SSSR count). The Balaban J connectivity index is 1.71. The van der Waals surface area contributed by atoms with Gasteiger partial charge in [-0.3, -0.25) is 9.59 Å². The van der Waals surface area contributed by atoms with Gasteiger partial charge in [-0.2, -0.15) is 0 Å². The summed E-state index contributed by atoms with van der Waals surface area (Å²) in [6.45, 7) is 0.0958. The van der Waals surface area contributed by atoms with Crippen molar-refractivity contribution in [3.63, 3.8) is 0 Å². The van der Waals surface area contributed by atoms with E-state index >= 15 is 0 Å². The molecule has 0 saturated heterocycles. The monoisotopic (exact) mass is 434 g/mol. The Bertz CT molecular complexity index is 972. The van der Waals surface area contributed by atoms with Gasteiger partial charge in [-0.25, -0.2) is 0 Å². The van der Waals surface area contributed by atoms with E-state index in [9.17, 15) is 14.7 Å². The zero-order valence-electron chi connectivity index (χ0n) is 18.4. The van der Waals surface area contributed by atoms with E-state index in [1.165, 1.54) is 12.2 Å². The first-order chi connectivity index (χ1) is 15.6. The fraction of sp³-hybridized carbons (Fsp3) is 0.333. The zero-order valence-corrected chi connectivity index (χ0v) is 18.4. The Hall–Kier alpha value is -3.02. The van der Waals surface area contributed by atoms with Gasteiger partial charge in [-0.1, -0.05) is 61.7 Å². The fourth-order valence-corrected chi connectivity index (χ4v) is 3.65. The van der Waals surface area contributed by atoms with Gasteiger partial charge in [-0.15, -0.1) is 0 Å². The second-order valence-corrected chi connectivity index (χ2v) is 8.08. The van der Waals surface area contributed by atoms with Crippen LogP contribution in [0.5, 0.6) is 5.75 Å². The summed E-state index contributed by atoms with van der Waals surface area (Å²) in [7, 11) is 1.56. The number of hydrogen-bond acceptors (Lipinski definition) is 5. The summed E-state index contributed by atoms with van der Waals surface area (Å²) in [5, 5.41) is 9.29. The normalized spacial score (nSPS) is 15.1. The number of aliphatic hydroxyl groups is 1. The molecule has 0 heterocycles. The Morgan fingerprint density at radius 1 is 1.03 bits per heavy atom. The first-order valence-electron chi connectivity index (χ1n) is 10.9. The lowest BCUT2D eigenvalue weighted by Gasteiger charge is -2.27. The van der Waals surface area contributed by atoms with Crippen molar-refractivity contribution in [1.82, 2.24) is 0 Å². The van der Waals surface area contributed by atoms with Crippen LogP contribution in [0.3, 0.4) is 0 Å². The molecule has 5 nitrogen and oxygen atoms in total. The Kier molecular flexibility index (Phi) is 8.96. The highest BCUT2D eigenvalue weighted by molar-refractivity contribution is 6.13. The van der Waals surface area contributed by atoms with Crippen molar-refractivity contribution in [2.75, 3.05) is 13.9 Å². The molecule has 2 aromatic rings. The molecule has 1 fully saturated rings. The maximum absolute atomic E-state index is 13.0. The first kappa shape index (κ1) is 23.6. The molecule has 32 heavy (non-hydrogen) atoms. The van der Waals surface area contributed by atoms with Crippen molar-refractivity contribution >= 4 is 23.7 Å². The minimum Gasteiger partial charge on any atom is -0.468 e. The van der Waals surface area contributed by atoms with Gasteiger partial charge >= 0.3 is 0 Å². The molecule has 0 radical (unpaired) electrons. The van der Waals surface area contributed by atoms with Gasteiger partial charge in [0.05, 0.1) is 12.5 Å². The van der Waals surface area contributed by atoms with Crippen molar-refractivity contribution < 1.29 is 24.2 Å². The third-order valence-electron chi connectivity index (χ3n) is 5.70. The van der Waals surface area contributed by atoms with Crippen LogP contribution in [0.1, 0.15) is 42.4 Å². The van der Waals surface area contributed by atoms with E-state index < -0.39 is 5.92 Å². The van der Waals surface area contributed by atoms with Crippen LogP contribution in [0.15, 0.2) is 60.7 Å². The van der Waals surface area contributed by atoms with E-state index in [0.717, 1.165) is 36.0 Å². The maximum atomic E-state index is 13.0. The van der Waals surface area contributed by atoms with E-state index in [0.29, 0.717) is 18.1 Å². The Morgan fingerprint density at radius 2 is 1.69 bits per heavy atom. The van der Waals surface area contributed by atoms with Gasteiger partial charge in [0.2, 0.25) is 0 Å². The van der Waals surface area contributed by atoms with Crippen molar-refractivity contribution in [3.05, 3.63) is 77.4 Å². The molecule has 1 aliphatic rings. The minimum absolute atomic E-state index is 0.0546. The molecule has 0 spiro atoms. The minimum atomic E-state index is -0.679. The predicted molar refractivity (Wildman–Crippen MR) is 125 cm³/mol. The second-order valence-electron chi connectivity index (χ2n) is 8.08. The fourth-order valence-electron chi connectivity index (χ4n) is 3.65. The lowest BCUT2D eigenvalue weighted by molar-refractivity contribution is -0.128. The smallest absolute Gasteiger partial charge is 0.188 e. The molecule has 5 heteroatoms. The number of aliphatic hydroxyl groups excluding tert-OH is 1. The predicted octanol–water partition coefficient (Wildman–Crippen LogP) is 4.83. The van der Waals surface area contributed by atoms with Crippen LogP contribution in [-0.2, 0) is 20.9 Å². The summed E-state index contributed by atoms with van der Waals surface area (Å²) in [5.74, 6) is 0.0357. The summed E-state index contributed by atoms with van der Waals surface area (Å²) in [5.41, 5.74) is 2.42. The molecule has 2 aromatic carbocycles. The SMILES string of the molecule is COCOc1cccc(/C=C/C(=O)C(CC2CCC2)C(=O)/C=C/c2cccc(CO)c2)c1. The number of hydrogen-bond donors (Lipinski definition) is 1. The molecule has 0 aromatic heterocycles. The Morgan fingerprint density at radius 3 is 2.28 bits per heavy atom. The highest BCUT2D eigenvalue weighted by Gasteiger charge is 2.29. The first-order valence-corrected chi connectivity index (χ1v) is 10.9. The van der Waals surface area contributed by atoms with Crippen molar-refractivity contribution in [1.29, 1.82) is 0 Å². The summed E-state index contributed by atoms with van der Waals surface area (Å²) in [6, 6.07) is 14.7. The van der Waals surface area contributed by atoms with Gasteiger partial charge in [0.15, 0.2) is 18.4 Å². The van der Waals surface area contributed by atoms with E-state index in [4.69, 9.17) is 9.47 Å². The van der Waals surface area contributed by atoms with Crippen LogP contribution >= 0.6 is 0 Å². The highest BCUT2D eigenvalue weighted by Crippen LogP contribution is 2.33. The molecule has 1 N–H and O–H groups in total. The summed E-state index contributed by atoms with van der Waals surface area (Å²) < 4.78 is 10.3. The summed E-state index contributed by atoms with van der Waals surface area (Å²) in [6.07, 6.45) is 10.3. The van der Waals surface area contributed by atoms with E-state index in [2.05, 4.69) is 0 Å². The van der Waals surface area contributed by atoms with Gasteiger partial charge in [0.1, 0.15) is 5.75 Å². The van der Waals surface area contributed by atoms with Gasteiger partial charge in [0, 0.05) is 7.11 Å². The van der Waals surface area contributed by atoms with Crippen molar-refractivity contribution in [2.24, 2.45) is 11.8 Å². The largest absolute Gasteiger partial charge is 0.468 e. The number of carbonyl (C=O) groups excluding carboxylic acids is 2. The van der Waals surface area contributed by atoms with Crippen molar-refractivity contribution in [2.45, 2.75) is 32.3 Å². The van der Waals surface area contributed by atoms with E-state index in [-0.39, 0.29) is 25.0 Å². The second kappa shape index (κ2) is 12.1. The zero-order chi connectivity index (χ0) is 22.8. The average molecular weight is 435 g/mol. The molecule has 1 saturated carbocycles. The molecule has 1 unspecified atom stereocenters. The topological polar surface area (TPSA) is 72.8 Å². The number of carbonyl (C=O) groups is 2. The molecule has 1 atom stereocenters. The molecule has 0 aliphatic heterocycles. The molecular formula is C27H30O5. The number of ether oxygens (including phenoxy) is 2. The standard InChI is InChI=1S/C27H30O5/c1-31-19-32-24-10-4-8-22(16-24)12-14-27(30)25(17-20-5-2-6-20)26(29)13-11-21-7-3-9-23(15-21)18-28/h3-4,7-16,20,25,28H,2,5-6,17-19H2,1H3/b13-11+,14-12+. The lowest BCUT2D eigenvalue weighted by atomic mass is 9.76. The van der Waals surface area contributed by atoms with E-state index in [1.807, 2.05) is 48.5 Å². The third kappa shape index (κ3) is 7.01. The van der Waals surface area contributed by atoms with Crippen LogP contribution in [0.2, 0.25) is 0 Å². The highest BCUT2D eigenvalue weighted by atomic mass is 16.7. The van der Waals surface area contributed by atoms with Crippen LogP contribution < -0.4 is 4.74 Å². The Labute approximate surface area is 189 Å². The van der Waals surface area contributed by atoms with Crippen molar-refractivity contribution in [3.8, 4) is 5.75 Å². The third-order valence-corrected chi connectivity index (χ3v) is 5.70. The number of benzene rings is 2. The van der Waals surface area contributed by atoms with Crippen LogP contribution in [-0.4, -0.2) is 30.6 Å². The number of rotatable bonds is 12.